The summed E-state index contributed by atoms with van der Waals surface area (Å²) < 4.78 is 20.3. The van der Waals surface area contributed by atoms with Crippen LogP contribution in [0.1, 0.15) is 17.2 Å². The molecule has 2 aromatic heterocycles. The van der Waals surface area contributed by atoms with E-state index in [-0.39, 0.29) is 5.82 Å². The van der Waals surface area contributed by atoms with Gasteiger partial charge in [-0.3, -0.25) is 0 Å². The van der Waals surface area contributed by atoms with Crippen molar-refractivity contribution >= 4 is 0 Å². The first kappa shape index (κ1) is 12.6. The van der Waals surface area contributed by atoms with Gasteiger partial charge in [-0.2, -0.15) is 0 Å². The fourth-order valence-electron chi connectivity index (χ4n) is 2.11. The Balaban J connectivity index is 1.83. The summed E-state index contributed by atoms with van der Waals surface area (Å²) in [6.45, 7) is 4.52. The maximum Gasteiger partial charge on any atom is 0.226 e. The van der Waals surface area contributed by atoms with Crippen molar-refractivity contribution in [2.75, 3.05) is 0 Å². The molecule has 0 unspecified atom stereocenters. The van der Waals surface area contributed by atoms with Crippen LogP contribution in [0.15, 0.2) is 41.1 Å². The number of nitrogens with zero attached hydrogens (tertiary/aromatic N) is 3. The summed E-state index contributed by atoms with van der Waals surface area (Å²) in [7, 11) is 0. The molecule has 0 radical (unpaired) electrons. The number of oxazole rings is 1. The van der Waals surface area contributed by atoms with Crippen molar-refractivity contribution in [1.29, 1.82) is 0 Å². The van der Waals surface area contributed by atoms with Crippen LogP contribution < -0.4 is 0 Å². The Morgan fingerprint density at radius 1 is 1.15 bits per heavy atom. The monoisotopic (exact) mass is 271 g/mol. The first-order chi connectivity index (χ1) is 9.61. The normalized spacial score (nSPS) is 10.9. The molecule has 0 aliphatic rings. The number of aryl methyl sites for hydroxylation is 2. The smallest absolute Gasteiger partial charge is 0.226 e. The summed E-state index contributed by atoms with van der Waals surface area (Å²) >= 11 is 0. The molecule has 0 saturated heterocycles. The highest BCUT2D eigenvalue weighted by molar-refractivity contribution is 5.52. The van der Waals surface area contributed by atoms with Crippen LogP contribution in [0.3, 0.4) is 0 Å². The van der Waals surface area contributed by atoms with Crippen LogP contribution in [0.25, 0.3) is 11.5 Å². The lowest BCUT2D eigenvalue weighted by molar-refractivity contribution is 0.570. The highest BCUT2D eigenvalue weighted by atomic mass is 19.1. The van der Waals surface area contributed by atoms with Crippen molar-refractivity contribution in [1.82, 2.24) is 14.5 Å². The third-order valence-corrected chi connectivity index (χ3v) is 3.07. The SMILES string of the molecule is Cc1cn(Cc2coc(-c3ccc(F)cc3)n2)c(C)n1. The number of imidazole rings is 1. The molecule has 0 saturated carbocycles. The summed E-state index contributed by atoms with van der Waals surface area (Å²) in [6.07, 6.45) is 3.59. The van der Waals surface area contributed by atoms with Gasteiger partial charge in [-0.05, 0) is 38.1 Å². The Bertz CT molecular complexity index is 728. The molecule has 0 bridgehead atoms. The maximum atomic E-state index is 12.9. The number of hydrogen-bond donors (Lipinski definition) is 0. The van der Waals surface area contributed by atoms with Gasteiger partial charge in [-0.15, -0.1) is 0 Å². The highest BCUT2D eigenvalue weighted by Gasteiger charge is 2.09. The van der Waals surface area contributed by atoms with Gasteiger partial charge in [-0.1, -0.05) is 0 Å². The quantitative estimate of drug-likeness (QED) is 0.733. The van der Waals surface area contributed by atoms with Gasteiger partial charge in [0.15, 0.2) is 0 Å². The van der Waals surface area contributed by atoms with Crippen LogP contribution in [0.5, 0.6) is 0 Å². The zero-order chi connectivity index (χ0) is 14.1. The van der Waals surface area contributed by atoms with Gasteiger partial charge in [0.2, 0.25) is 5.89 Å². The van der Waals surface area contributed by atoms with E-state index in [2.05, 4.69) is 9.97 Å². The highest BCUT2D eigenvalue weighted by Crippen LogP contribution is 2.19. The van der Waals surface area contributed by atoms with Crippen molar-refractivity contribution in [3.05, 3.63) is 59.8 Å². The van der Waals surface area contributed by atoms with Gasteiger partial charge >= 0.3 is 0 Å². The Hall–Kier alpha value is -2.43. The second-order valence-electron chi connectivity index (χ2n) is 4.71. The van der Waals surface area contributed by atoms with E-state index in [0.29, 0.717) is 12.4 Å². The molecule has 2 heterocycles. The first-order valence-corrected chi connectivity index (χ1v) is 6.32. The molecule has 0 amide bonds. The minimum Gasteiger partial charge on any atom is -0.444 e. The molecule has 4 nitrogen and oxygen atoms in total. The lowest BCUT2D eigenvalue weighted by atomic mass is 10.2. The number of benzene rings is 1. The van der Waals surface area contributed by atoms with Gasteiger partial charge in [0.1, 0.15) is 17.9 Å². The topological polar surface area (TPSA) is 43.9 Å². The van der Waals surface area contributed by atoms with E-state index in [1.54, 1.807) is 18.4 Å². The van der Waals surface area contributed by atoms with Crippen LogP contribution in [0.2, 0.25) is 0 Å². The van der Waals surface area contributed by atoms with E-state index in [0.717, 1.165) is 22.8 Å². The average Bonchev–Trinajstić information content (AvgIpc) is 2.98. The van der Waals surface area contributed by atoms with Gasteiger partial charge in [0.05, 0.1) is 17.9 Å². The van der Waals surface area contributed by atoms with Gasteiger partial charge < -0.3 is 8.98 Å². The summed E-state index contributed by atoms with van der Waals surface area (Å²) in [4.78, 5) is 8.76. The molecular weight excluding hydrogens is 257 g/mol. The molecule has 0 aliphatic carbocycles. The molecule has 1 aromatic carbocycles. The molecule has 5 heteroatoms. The largest absolute Gasteiger partial charge is 0.444 e. The third-order valence-electron chi connectivity index (χ3n) is 3.07. The molecule has 0 fully saturated rings. The summed E-state index contributed by atoms with van der Waals surface area (Å²) in [5, 5.41) is 0. The summed E-state index contributed by atoms with van der Waals surface area (Å²) in [5.74, 6) is 1.16. The van der Waals surface area contributed by atoms with Crippen molar-refractivity contribution in [3.63, 3.8) is 0 Å². The van der Waals surface area contributed by atoms with E-state index in [9.17, 15) is 4.39 Å². The molecule has 20 heavy (non-hydrogen) atoms. The summed E-state index contributed by atoms with van der Waals surface area (Å²) in [6, 6.07) is 6.08. The zero-order valence-corrected chi connectivity index (χ0v) is 11.3. The molecule has 0 spiro atoms. The van der Waals surface area contributed by atoms with Crippen LogP contribution in [-0.4, -0.2) is 14.5 Å². The maximum absolute atomic E-state index is 12.9. The molecule has 3 aromatic rings. The lowest BCUT2D eigenvalue weighted by Gasteiger charge is -2.00. The summed E-state index contributed by atoms with van der Waals surface area (Å²) in [5.41, 5.74) is 2.55. The molecule has 3 rings (SSSR count). The Morgan fingerprint density at radius 3 is 2.55 bits per heavy atom. The van der Waals surface area contributed by atoms with Crippen molar-refractivity contribution in [3.8, 4) is 11.5 Å². The number of aromatic nitrogens is 3. The van der Waals surface area contributed by atoms with Crippen LogP contribution >= 0.6 is 0 Å². The van der Waals surface area contributed by atoms with Crippen molar-refractivity contribution in [2.45, 2.75) is 20.4 Å². The standard InChI is InChI=1S/C15H14FN3O/c1-10-7-19(11(2)17-10)8-14-9-20-15(18-14)12-3-5-13(16)6-4-12/h3-7,9H,8H2,1-2H3. The van der Waals surface area contributed by atoms with Crippen molar-refractivity contribution < 1.29 is 8.81 Å². The van der Waals surface area contributed by atoms with E-state index in [1.165, 1.54) is 12.1 Å². The Kier molecular flexibility index (Phi) is 3.10. The first-order valence-electron chi connectivity index (χ1n) is 6.32. The second-order valence-corrected chi connectivity index (χ2v) is 4.71. The van der Waals surface area contributed by atoms with Crippen LogP contribution in [-0.2, 0) is 6.54 Å². The fraction of sp³-hybridized carbons (Fsp3) is 0.200. The number of hydrogen-bond acceptors (Lipinski definition) is 3. The number of halogens is 1. The van der Waals surface area contributed by atoms with Crippen LogP contribution in [0.4, 0.5) is 4.39 Å². The molecule has 0 N–H and O–H groups in total. The van der Waals surface area contributed by atoms with Gasteiger partial charge in [-0.25, -0.2) is 14.4 Å². The lowest BCUT2D eigenvalue weighted by Crippen LogP contribution is -2.00. The predicted molar refractivity (Wildman–Crippen MR) is 72.7 cm³/mol. The van der Waals surface area contributed by atoms with E-state index >= 15 is 0 Å². The minimum atomic E-state index is -0.273. The Morgan fingerprint density at radius 2 is 1.90 bits per heavy atom. The molecule has 102 valence electrons. The third kappa shape index (κ3) is 2.47. The second kappa shape index (κ2) is 4.92. The van der Waals surface area contributed by atoms with E-state index in [4.69, 9.17) is 4.42 Å². The molecule has 0 aliphatic heterocycles. The zero-order valence-electron chi connectivity index (χ0n) is 11.3. The molecular formula is C15H14FN3O. The van der Waals surface area contributed by atoms with E-state index < -0.39 is 0 Å². The van der Waals surface area contributed by atoms with E-state index in [1.807, 2.05) is 24.6 Å². The van der Waals surface area contributed by atoms with Gasteiger partial charge in [0, 0.05) is 11.8 Å². The average molecular weight is 271 g/mol. The Labute approximate surface area is 115 Å². The number of rotatable bonds is 3. The molecule has 0 atom stereocenters. The van der Waals surface area contributed by atoms with Crippen molar-refractivity contribution in [2.24, 2.45) is 0 Å². The fourth-order valence-corrected chi connectivity index (χ4v) is 2.11. The van der Waals surface area contributed by atoms with Gasteiger partial charge in [0.25, 0.3) is 0 Å². The minimum absolute atomic E-state index is 0.273. The van der Waals surface area contributed by atoms with Crippen LogP contribution in [0, 0.1) is 19.7 Å². The predicted octanol–water partition coefficient (Wildman–Crippen LogP) is 3.34.